The van der Waals surface area contributed by atoms with Crippen LogP contribution in [-0.2, 0) is 4.79 Å². The lowest BCUT2D eigenvalue weighted by atomic mass is 10.0. The molecule has 0 saturated heterocycles. The molecule has 0 bridgehead atoms. The number of hydrogen-bond donors (Lipinski definition) is 3. The van der Waals surface area contributed by atoms with Crippen LogP contribution in [0.4, 0.5) is 5.69 Å². The maximum absolute atomic E-state index is 12.0. The smallest absolute Gasteiger partial charge is 0.325 e. The highest BCUT2D eigenvalue weighted by Crippen LogP contribution is 2.14. The third-order valence-corrected chi connectivity index (χ3v) is 5.72. The molecule has 176 valence electrons. The third-order valence-electron chi connectivity index (χ3n) is 5.72. The first-order valence-corrected chi connectivity index (χ1v) is 12.4. The van der Waals surface area contributed by atoms with Crippen LogP contribution in [0.15, 0.2) is 24.3 Å². The number of amides is 1. The molecule has 3 N–H and O–H groups in total. The lowest BCUT2D eigenvalue weighted by Gasteiger charge is -2.10. The molecule has 0 fully saturated rings. The Balaban J connectivity index is 1.97. The monoisotopic (exact) mass is 432 g/mol. The molecule has 5 nitrogen and oxygen atoms in total. The van der Waals surface area contributed by atoms with Crippen molar-refractivity contribution in [1.29, 1.82) is 0 Å². The zero-order valence-electron chi connectivity index (χ0n) is 19.8. The van der Waals surface area contributed by atoms with Crippen molar-refractivity contribution in [3.63, 3.8) is 0 Å². The molecule has 1 amide bonds. The van der Waals surface area contributed by atoms with Gasteiger partial charge in [-0.1, -0.05) is 90.4 Å². The summed E-state index contributed by atoms with van der Waals surface area (Å²) in [5.41, 5.74) is 1.45. The first-order valence-electron chi connectivity index (χ1n) is 12.4. The van der Waals surface area contributed by atoms with Gasteiger partial charge >= 0.3 is 5.97 Å². The molecule has 0 aromatic heterocycles. The van der Waals surface area contributed by atoms with Gasteiger partial charge in [-0.05, 0) is 37.6 Å². The zero-order chi connectivity index (χ0) is 22.7. The summed E-state index contributed by atoms with van der Waals surface area (Å²) in [4.78, 5) is 22.8. The van der Waals surface area contributed by atoms with Crippen molar-refractivity contribution in [3.8, 4) is 0 Å². The Labute approximate surface area is 189 Å². The predicted octanol–water partition coefficient (Wildman–Crippen LogP) is 6.78. The highest BCUT2D eigenvalue weighted by molar-refractivity contribution is 5.96. The summed E-state index contributed by atoms with van der Waals surface area (Å²) in [6.45, 7) is 4.65. The van der Waals surface area contributed by atoms with Gasteiger partial charge in [0.15, 0.2) is 0 Å². The van der Waals surface area contributed by atoms with Gasteiger partial charge in [-0.2, -0.15) is 0 Å². The maximum Gasteiger partial charge on any atom is 0.325 e. The fraction of sp³-hybridized carbons (Fsp3) is 0.692. The number of benzene rings is 1. The van der Waals surface area contributed by atoms with Crippen LogP contribution in [0.1, 0.15) is 114 Å². The Bertz CT molecular complexity index is 601. The SMILES string of the molecule is CCCCCCCCCCCCCCCCNc1ccc(C(=O)NC(C)C(=O)O)cc1. The topological polar surface area (TPSA) is 78.4 Å². The van der Waals surface area contributed by atoms with E-state index < -0.39 is 12.0 Å². The lowest BCUT2D eigenvalue weighted by molar-refractivity contribution is -0.138. The van der Waals surface area contributed by atoms with E-state index in [2.05, 4.69) is 17.6 Å². The number of anilines is 1. The highest BCUT2D eigenvalue weighted by Gasteiger charge is 2.14. The lowest BCUT2D eigenvalue weighted by Crippen LogP contribution is -2.38. The fourth-order valence-electron chi connectivity index (χ4n) is 3.63. The summed E-state index contributed by atoms with van der Waals surface area (Å²) in [6.07, 6.45) is 19.0. The quantitative estimate of drug-likeness (QED) is 0.210. The summed E-state index contributed by atoms with van der Waals surface area (Å²) in [5, 5.41) is 14.7. The van der Waals surface area contributed by atoms with Crippen molar-refractivity contribution >= 4 is 17.6 Å². The second kappa shape index (κ2) is 17.6. The van der Waals surface area contributed by atoms with Crippen LogP contribution in [0.25, 0.3) is 0 Å². The first-order chi connectivity index (χ1) is 15.0. The minimum atomic E-state index is -1.04. The van der Waals surface area contributed by atoms with Gasteiger partial charge in [0.1, 0.15) is 6.04 Å². The van der Waals surface area contributed by atoms with Crippen molar-refractivity contribution in [1.82, 2.24) is 5.32 Å². The molecule has 0 spiro atoms. The van der Waals surface area contributed by atoms with E-state index in [1.54, 1.807) is 12.1 Å². The molecule has 0 radical (unpaired) electrons. The normalized spacial score (nSPS) is 11.8. The molecule has 0 heterocycles. The van der Waals surface area contributed by atoms with Gasteiger partial charge in [0.05, 0.1) is 0 Å². The molecule has 1 aromatic rings. The molecule has 0 saturated carbocycles. The van der Waals surface area contributed by atoms with E-state index >= 15 is 0 Å². The van der Waals surface area contributed by atoms with Gasteiger partial charge < -0.3 is 15.7 Å². The fourth-order valence-corrected chi connectivity index (χ4v) is 3.63. The van der Waals surface area contributed by atoms with E-state index in [1.165, 1.54) is 90.4 Å². The first kappa shape index (κ1) is 27.0. The molecule has 1 rings (SSSR count). The van der Waals surface area contributed by atoms with Crippen molar-refractivity contribution in [2.24, 2.45) is 0 Å². The van der Waals surface area contributed by atoms with E-state index in [1.807, 2.05) is 12.1 Å². The minimum Gasteiger partial charge on any atom is -0.480 e. The Kier molecular flexibility index (Phi) is 15.3. The van der Waals surface area contributed by atoms with E-state index in [4.69, 9.17) is 5.11 Å². The zero-order valence-corrected chi connectivity index (χ0v) is 19.8. The van der Waals surface area contributed by atoms with E-state index in [0.29, 0.717) is 5.56 Å². The van der Waals surface area contributed by atoms with Crippen LogP contribution < -0.4 is 10.6 Å². The Morgan fingerprint density at radius 2 is 1.23 bits per heavy atom. The highest BCUT2D eigenvalue weighted by atomic mass is 16.4. The van der Waals surface area contributed by atoms with Crippen LogP contribution in [0.2, 0.25) is 0 Å². The molecular formula is C26H44N2O3. The standard InChI is InChI=1S/C26H44N2O3/c1-3-4-5-6-7-8-9-10-11-12-13-14-15-16-21-27-24-19-17-23(18-20-24)25(29)28-22(2)26(30)31/h17-20,22,27H,3-16,21H2,1-2H3,(H,28,29)(H,30,31). The van der Waals surface area contributed by atoms with Crippen molar-refractivity contribution < 1.29 is 14.7 Å². The molecule has 5 heteroatoms. The van der Waals surface area contributed by atoms with Crippen molar-refractivity contribution in [2.75, 3.05) is 11.9 Å². The van der Waals surface area contributed by atoms with Crippen LogP contribution in [0.3, 0.4) is 0 Å². The van der Waals surface area contributed by atoms with E-state index in [9.17, 15) is 9.59 Å². The van der Waals surface area contributed by atoms with Crippen LogP contribution >= 0.6 is 0 Å². The van der Waals surface area contributed by atoms with E-state index in [0.717, 1.165) is 18.7 Å². The number of carbonyl (C=O) groups is 2. The largest absolute Gasteiger partial charge is 0.480 e. The number of carboxylic acids is 1. The number of rotatable bonds is 19. The van der Waals surface area contributed by atoms with Gasteiger partial charge in [-0.3, -0.25) is 9.59 Å². The van der Waals surface area contributed by atoms with Gasteiger partial charge in [-0.25, -0.2) is 0 Å². The number of carboxylic acid groups (broad SMARTS) is 1. The Morgan fingerprint density at radius 1 is 0.774 bits per heavy atom. The molecule has 0 aliphatic rings. The number of unbranched alkanes of at least 4 members (excludes halogenated alkanes) is 13. The number of carbonyl (C=O) groups excluding carboxylic acids is 1. The minimum absolute atomic E-state index is 0.367. The second-order valence-electron chi connectivity index (χ2n) is 8.63. The number of hydrogen-bond acceptors (Lipinski definition) is 3. The second-order valence-corrected chi connectivity index (χ2v) is 8.63. The molecule has 1 unspecified atom stereocenters. The molecule has 0 aliphatic carbocycles. The molecule has 31 heavy (non-hydrogen) atoms. The van der Waals surface area contributed by atoms with Gasteiger partial charge in [-0.15, -0.1) is 0 Å². The molecule has 0 aliphatic heterocycles. The Hall–Kier alpha value is -2.04. The van der Waals surface area contributed by atoms with Crippen LogP contribution in [-0.4, -0.2) is 29.6 Å². The average molecular weight is 433 g/mol. The van der Waals surface area contributed by atoms with Gasteiger partial charge in [0.25, 0.3) is 5.91 Å². The molecular weight excluding hydrogens is 388 g/mol. The van der Waals surface area contributed by atoms with E-state index in [-0.39, 0.29) is 5.91 Å². The van der Waals surface area contributed by atoms with Gasteiger partial charge in [0.2, 0.25) is 0 Å². The van der Waals surface area contributed by atoms with Crippen molar-refractivity contribution in [3.05, 3.63) is 29.8 Å². The Morgan fingerprint density at radius 3 is 1.68 bits per heavy atom. The molecule has 1 aromatic carbocycles. The summed E-state index contributed by atoms with van der Waals surface area (Å²) in [6, 6.07) is 6.27. The summed E-state index contributed by atoms with van der Waals surface area (Å²) in [5.74, 6) is -1.41. The summed E-state index contributed by atoms with van der Waals surface area (Å²) < 4.78 is 0. The average Bonchev–Trinajstić information content (AvgIpc) is 2.76. The van der Waals surface area contributed by atoms with Gasteiger partial charge in [0, 0.05) is 17.8 Å². The number of aliphatic carboxylic acids is 1. The maximum atomic E-state index is 12.0. The third kappa shape index (κ3) is 13.8. The summed E-state index contributed by atoms with van der Waals surface area (Å²) in [7, 11) is 0. The number of nitrogens with one attached hydrogen (secondary N) is 2. The molecule has 1 atom stereocenters. The van der Waals surface area contributed by atoms with Crippen molar-refractivity contribution in [2.45, 2.75) is 110 Å². The van der Waals surface area contributed by atoms with Crippen LogP contribution in [0.5, 0.6) is 0 Å². The van der Waals surface area contributed by atoms with Crippen LogP contribution in [0, 0.1) is 0 Å². The predicted molar refractivity (Wildman–Crippen MR) is 130 cm³/mol. The summed E-state index contributed by atoms with van der Waals surface area (Å²) >= 11 is 0.